The average Bonchev–Trinajstić information content (AvgIpc) is 3.22. The fourth-order valence-corrected chi connectivity index (χ4v) is 10.3. The van der Waals surface area contributed by atoms with Gasteiger partial charge in [0.05, 0.1) is 6.61 Å². The molecule has 0 saturated heterocycles. The minimum atomic E-state index is -5.77. The summed E-state index contributed by atoms with van der Waals surface area (Å²) in [6.45, 7) is 2.72. The van der Waals surface area contributed by atoms with E-state index >= 15 is 0 Å². The Hall–Kier alpha value is -0.700. The third-order valence-electron chi connectivity index (χ3n) is 11.1. The Balaban J connectivity index is 2.93. The zero-order valence-corrected chi connectivity index (χ0v) is 43.0. The van der Waals surface area contributed by atoms with Crippen molar-refractivity contribution in [2.24, 2.45) is 0 Å². The molecule has 1 aliphatic rings. The van der Waals surface area contributed by atoms with E-state index in [0.717, 1.165) is 64.2 Å². The smallest absolute Gasteiger partial charge is 0.462 e. The maximum Gasteiger partial charge on any atom is 0.472 e. The number of aliphatic hydroxyl groups is 2. The summed E-state index contributed by atoms with van der Waals surface area (Å²) in [6, 6.07) is 0. The van der Waals surface area contributed by atoms with Crippen molar-refractivity contribution in [3.63, 3.8) is 0 Å². The van der Waals surface area contributed by atoms with E-state index in [9.17, 15) is 72.3 Å². The van der Waals surface area contributed by atoms with E-state index in [0.29, 0.717) is 12.8 Å². The molecule has 22 nitrogen and oxygen atoms in total. The number of hydrogen-bond acceptors (Lipinski definition) is 15. The van der Waals surface area contributed by atoms with E-state index < -0.39 is 99.2 Å². The third-order valence-corrected chi connectivity index (χ3v) is 13.7. The van der Waals surface area contributed by atoms with Gasteiger partial charge in [-0.2, -0.15) is 0 Å². The molecular weight excluding hydrogens is 968 g/mol. The quantitative estimate of drug-likeness (QED) is 0.0158. The van der Waals surface area contributed by atoms with Gasteiger partial charge in [-0.25, -0.2) is 18.3 Å². The Morgan fingerprint density at radius 1 is 0.418 bits per heavy atom. The van der Waals surface area contributed by atoms with Crippen LogP contribution in [-0.2, 0) is 59.9 Å². The summed E-state index contributed by atoms with van der Waals surface area (Å²) in [4.78, 5) is 92.8. The molecule has 0 aromatic heterocycles. The van der Waals surface area contributed by atoms with Crippen molar-refractivity contribution >= 4 is 43.2 Å². The van der Waals surface area contributed by atoms with Crippen LogP contribution >= 0.6 is 31.3 Å². The third kappa shape index (κ3) is 33.6. The topological polar surface area (TPSA) is 349 Å². The molecular formula is C41H82O22P4. The van der Waals surface area contributed by atoms with E-state index in [4.69, 9.17) is 18.5 Å². The van der Waals surface area contributed by atoms with Gasteiger partial charge in [0.15, 0.2) is 6.10 Å². The number of esters is 2. The minimum absolute atomic E-state index is 0.0350. The van der Waals surface area contributed by atoms with Crippen LogP contribution < -0.4 is 0 Å². The van der Waals surface area contributed by atoms with Crippen LogP contribution in [0.1, 0.15) is 194 Å². The predicted octanol–water partition coefficient (Wildman–Crippen LogP) is 8.08. The first-order valence-electron chi connectivity index (χ1n) is 24.1. The molecule has 0 heterocycles. The van der Waals surface area contributed by atoms with E-state index in [1.165, 1.54) is 89.9 Å². The number of unbranched alkanes of at least 4 members (excludes halogenated alkanes) is 24. The van der Waals surface area contributed by atoms with Gasteiger partial charge in [0.1, 0.15) is 43.2 Å². The van der Waals surface area contributed by atoms with Gasteiger partial charge in [0.25, 0.3) is 0 Å². The SMILES string of the molecule is CCCCCCCCCCCCCCCC(=O)OC[C@@H](COP(=O)(O)O[C@@H]1[C@H](O)[C@H](OP(=O)(O)O)[C@@H](OP(=O)(O)O)[C@H](O)[C@H]1OP(=O)(O)O)OC(=O)CCCCCCCCCCCCCCC. The van der Waals surface area contributed by atoms with E-state index in [1.807, 2.05) is 0 Å². The Morgan fingerprint density at radius 3 is 1.01 bits per heavy atom. The molecule has 8 atom stereocenters. The molecule has 1 fully saturated rings. The first kappa shape index (κ1) is 64.3. The lowest BCUT2D eigenvalue weighted by atomic mass is 9.85. The van der Waals surface area contributed by atoms with Crippen LogP contribution in [0.15, 0.2) is 0 Å². The summed E-state index contributed by atoms with van der Waals surface area (Å²) in [5, 5.41) is 21.8. The Labute approximate surface area is 396 Å². The molecule has 1 aliphatic carbocycles. The van der Waals surface area contributed by atoms with Crippen LogP contribution in [0.3, 0.4) is 0 Å². The molecule has 26 heteroatoms. The van der Waals surface area contributed by atoms with Crippen molar-refractivity contribution in [1.29, 1.82) is 0 Å². The standard InChI is InChI=1S/C41H82O22P4/c1-3-5-7-9-11-13-15-17-19-21-23-25-27-29-34(42)57-31-33(59-35(43)30-28-26-24-22-20-18-16-14-12-10-8-6-4-2)32-58-67(55,56)63-41-37(45)39(61-65(49,50)51)38(60-64(46,47)48)36(44)40(41)62-66(52,53)54/h33,36-41,44-45H,3-32H2,1-2H3,(H,55,56)(H2,46,47,48)(H2,49,50,51)(H2,52,53,54)/t33-,36-,37+,38-,39-,40+,41+/m0/s1. The van der Waals surface area contributed by atoms with Crippen molar-refractivity contribution in [1.82, 2.24) is 0 Å². The van der Waals surface area contributed by atoms with Crippen molar-refractivity contribution in [3.05, 3.63) is 0 Å². The molecule has 0 radical (unpaired) electrons. The number of phosphoric ester groups is 4. The predicted molar refractivity (Wildman–Crippen MR) is 245 cm³/mol. The van der Waals surface area contributed by atoms with Gasteiger partial charge in [0.2, 0.25) is 0 Å². The number of phosphoric acid groups is 4. The second-order valence-corrected chi connectivity index (χ2v) is 22.3. The van der Waals surface area contributed by atoms with E-state index in [2.05, 4.69) is 27.4 Å². The van der Waals surface area contributed by atoms with Crippen LogP contribution in [0.4, 0.5) is 0 Å². The van der Waals surface area contributed by atoms with Gasteiger partial charge in [0, 0.05) is 12.8 Å². The summed E-state index contributed by atoms with van der Waals surface area (Å²) < 4.78 is 82.1. The number of carbonyl (C=O) groups is 2. The lowest BCUT2D eigenvalue weighted by Gasteiger charge is -2.45. The zero-order valence-electron chi connectivity index (χ0n) is 39.4. The number of hydrogen-bond donors (Lipinski definition) is 9. The van der Waals surface area contributed by atoms with Gasteiger partial charge in [-0.15, -0.1) is 0 Å². The molecule has 0 aromatic carbocycles. The largest absolute Gasteiger partial charge is 0.472 e. The molecule has 0 amide bonds. The first-order chi connectivity index (χ1) is 31.5. The number of ether oxygens (including phenoxy) is 2. The summed E-state index contributed by atoms with van der Waals surface area (Å²) in [5.41, 5.74) is 0. The summed E-state index contributed by atoms with van der Waals surface area (Å²) >= 11 is 0. The lowest BCUT2D eigenvalue weighted by molar-refractivity contribution is -0.209. The van der Waals surface area contributed by atoms with Crippen molar-refractivity contribution in [2.45, 2.75) is 236 Å². The second-order valence-electron chi connectivity index (χ2n) is 17.3. The highest BCUT2D eigenvalue weighted by Gasteiger charge is 2.59. The highest BCUT2D eigenvalue weighted by atomic mass is 31.2. The molecule has 9 N–H and O–H groups in total. The summed E-state index contributed by atoms with van der Waals surface area (Å²) in [7, 11) is -22.9. The molecule has 1 rings (SSSR count). The number of carbonyl (C=O) groups excluding carboxylic acids is 2. The van der Waals surface area contributed by atoms with Crippen LogP contribution in [0, 0.1) is 0 Å². The van der Waals surface area contributed by atoms with Crippen LogP contribution in [0.5, 0.6) is 0 Å². The second kappa shape index (κ2) is 35.4. The van der Waals surface area contributed by atoms with Crippen LogP contribution in [-0.4, -0.2) is 112 Å². The van der Waals surface area contributed by atoms with Gasteiger partial charge in [-0.05, 0) is 12.8 Å². The fraction of sp³-hybridized carbons (Fsp3) is 0.951. The molecule has 0 aromatic rings. The summed E-state index contributed by atoms with van der Waals surface area (Å²) in [6.07, 6.45) is 10.3. The van der Waals surface area contributed by atoms with Gasteiger partial charge in [-0.3, -0.25) is 32.2 Å². The number of rotatable bonds is 42. The maximum absolute atomic E-state index is 13.3. The highest BCUT2D eigenvalue weighted by molar-refractivity contribution is 7.47. The minimum Gasteiger partial charge on any atom is -0.462 e. The Kier molecular flexibility index (Phi) is 34.0. The van der Waals surface area contributed by atoms with Gasteiger partial charge >= 0.3 is 43.2 Å². The zero-order chi connectivity index (χ0) is 50.4. The molecule has 0 aliphatic heterocycles. The molecule has 1 saturated carbocycles. The Bertz CT molecular complexity index is 1520. The summed E-state index contributed by atoms with van der Waals surface area (Å²) in [5.74, 6) is -1.41. The molecule has 0 spiro atoms. The van der Waals surface area contributed by atoms with Crippen LogP contribution in [0.2, 0.25) is 0 Å². The normalized spacial score (nSPS) is 21.8. The molecule has 398 valence electrons. The molecule has 67 heavy (non-hydrogen) atoms. The monoisotopic (exact) mass is 1050 g/mol. The lowest BCUT2D eigenvalue weighted by Crippen LogP contribution is -2.65. The maximum atomic E-state index is 13.3. The first-order valence-corrected chi connectivity index (χ1v) is 30.2. The van der Waals surface area contributed by atoms with Gasteiger partial charge < -0.3 is 53.9 Å². The van der Waals surface area contributed by atoms with Crippen molar-refractivity contribution in [2.75, 3.05) is 13.2 Å². The van der Waals surface area contributed by atoms with E-state index in [1.54, 1.807) is 0 Å². The molecule has 1 unspecified atom stereocenters. The fourth-order valence-electron chi connectivity index (χ4n) is 7.67. The molecule has 0 bridgehead atoms. The van der Waals surface area contributed by atoms with Crippen LogP contribution in [0.25, 0.3) is 0 Å². The van der Waals surface area contributed by atoms with Crippen molar-refractivity contribution < 1.29 is 104 Å². The van der Waals surface area contributed by atoms with Crippen molar-refractivity contribution in [3.8, 4) is 0 Å². The highest BCUT2D eigenvalue weighted by Crippen LogP contribution is 2.53. The Morgan fingerprint density at radius 2 is 0.701 bits per heavy atom. The van der Waals surface area contributed by atoms with E-state index in [-0.39, 0.29) is 12.8 Å². The van der Waals surface area contributed by atoms with Gasteiger partial charge in [-0.1, -0.05) is 168 Å². The average molecular weight is 1050 g/mol. The number of aliphatic hydroxyl groups excluding tert-OH is 2.